The third-order valence-corrected chi connectivity index (χ3v) is 4.42. The first kappa shape index (κ1) is 20.7. The molecule has 1 rings (SSSR count). The number of amides is 1. The van der Waals surface area contributed by atoms with Crippen molar-refractivity contribution in [2.24, 2.45) is 11.8 Å². The maximum atomic E-state index is 11.5. The molecule has 0 aromatic heterocycles. The molecule has 1 saturated carbocycles. The van der Waals surface area contributed by atoms with Crippen LogP contribution >= 0.6 is 0 Å². The van der Waals surface area contributed by atoms with Crippen molar-refractivity contribution in [1.29, 1.82) is 0 Å². The number of allylic oxidation sites excluding steroid dienone is 3. The molecular formula is C20H33NO3. The van der Waals surface area contributed by atoms with Crippen LogP contribution in [0.3, 0.4) is 0 Å². The first-order chi connectivity index (χ1) is 11.3. The van der Waals surface area contributed by atoms with Crippen molar-refractivity contribution in [2.75, 3.05) is 6.54 Å². The Bertz CT molecular complexity index is 479. The van der Waals surface area contributed by atoms with E-state index in [-0.39, 0.29) is 11.8 Å². The third-order valence-electron chi connectivity index (χ3n) is 4.42. The SMILES string of the molecule is C=C1C(=CC=CCCCC(C)CNC(=O)C(C)C)C[C@@H](O)C[C@@H]1O. The van der Waals surface area contributed by atoms with Gasteiger partial charge in [0.05, 0.1) is 12.2 Å². The average molecular weight is 335 g/mol. The number of hydrogen-bond acceptors (Lipinski definition) is 3. The van der Waals surface area contributed by atoms with Crippen LogP contribution in [0, 0.1) is 11.8 Å². The zero-order valence-electron chi connectivity index (χ0n) is 15.3. The second-order valence-electron chi connectivity index (χ2n) is 7.19. The minimum absolute atomic E-state index is 0.0414. The predicted molar refractivity (Wildman–Crippen MR) is 98.5 cm³/mol. The molecule has 3 atom stereocenters. The third kappa shape index (κ3) is 7.45. The summed E-state index contributed by atoms with van der Waals surface area (Å²) in [6, 6.07) is 0. The monoisotopic (exact) mass is 335 g/mol. The molecule has 1 fully saturated rings. The first-order valence-electron chi connectivity index (χ1n) is 9.00. The lowest BCUT2D eigenvalue weighted by Gasteiger charge is -2.26. The Hall–Kier alpha value is -1.39. The Morgan fingerprint density at radius 3 is 2.75 bits per heavy atom. The lowest BCUT2D eigenvalue weighted by atomic mass is 9.86. The van der Waals surface area contributed by atoms with Crippen molar-refractivity contribution in [1.82, 2.24) is 5.32 Å². The molecule has 1 unspecified atom stereocenters. The Balaban J connectivity index is 2.24. The molecule has 24 heavy (non-hydrogen) atoms. The number of unbranched alkanes of at least 4 members (excludes halogenated alkanes) is 1. The number of rotatable bonds is 8. The summed E-state index contributed by atoms with van der Waals surface area (Å²) in [5.41, 5.74) is 1.65. The van der Waals surface area contributed by atoms with E-state index in [9.17, 15) is 15.0 Å². The van der Waals surface area contributed by atoms with E-state index < -0.39 is 12.2 Å². The zero-order valence-corrected chi connectivity index (χ0v) is 15.3. The van der Waals surface area contributed by atoms with Crippen LogP contribution in [0.15, 0.2) is 36.0 Å². The van der Waals surface area contributed by atoms with Gasteiger partial charge in [0.15, 0.2) is 0 Å². The Labute approximate surface area is 146 Å². The summed E-state index contributed by atoms with van der Waals surface area (Å²) in [5.74, 6) is 0.632. The van der Waals surface area contributed by atoms with Gasteiger partial charge in [-0.05, 0) is 42.7 Å². The molecule has 0 bridgehead atoms. The van der Waals surface area contributed by atoms with E-state index in [1.807, 2.05) is 26.0 Å². The highest BCUT2D eigenvalue weighted by Gasteiger charge is 2.24. The van der Waals surface area contributed by atoms with E-state index in [4.69, 9.17) is 0 Å². The van der Waals surface area contributed by atoms with Gasteiger partial charge >= 0.3 is 0 Å². The second-order valence-corrected chi connectivity index (χ2v) is 7.19. The molecule has 0 aromatic rings. The van der Waals surface area contributed by atoms with E-state index >= 15 is 0 Å². The fourth-order valence-electron chi connectivity index (χ4n) is 2.70. The van der Waals surface area contributed by atoms with Crippen LogP contribution in [0.1, 0.15) is 52.9 Å². The van der Waals surface area contributed by atoms with Gasteiger partial charge in [-0.25, -0.2) is 0 Å². The van der Waals surface area contributed by atoms with E-state index in [2.05, 4.69) is 24.9 Å². The van der Waals surface area contributed by atoms with Gasteiger partial charge in [-0.15, -0.1) is 0 Å². The van der Waals surface area contributed by atoms with Crippen molar-refractivity contribution in [3.05, 3.63) is 36.0 Å². The molecule has 1 aliphatic carbocycles. The molecule has 136 valence electrons. The standard InChI is InChI=1S/C20H33NO3/c1-14(2)20(24)21-13-15(3)9-7-5-6-8-10-17-11-18(22)12-19(23)16(17)4/h6,8,10,14-15,18-19,22-23H,4-5,7,9,11-13H2,1-3H3,(H,21,24)/t15?,18-,19+/m1/s1. The summed E-state index contributed by atoms with van der Waals surface area (Å²) in [7, 11) is 0. The van der Waals surface area contributed by atoms with Crippen LogP contribution in [0.2, 0.25) is 0 Å². The molecular weight excluding hydrogens is 302 g/mol. The minimum Gasteiger partial charge on any atom is -0.393 e. The highest BCUT2D eigenvalue weighted by molar-refractivity contribution is 5.77. The lowest BCUT2D eigenvalue weighted by molar-refractivity contribution is -0.124. The molecule has 0 aliphatic heterocycles. The highest BCUT2D eigenvalue weighted by Crippen LogP contribution is 2.28. The fourth-order valence-corrected chi connectivity index (χ4v) is 2.70. The number of nitrogens with one attached hydrogen (secondary N) is 1. The molecule has 3 N–H and O–H groups in total. The highest BCUT2D eigenvalue weighted by atomic mass is 16.3. The molecule has 0 heterocycles. The summed E-state index contributed by atoms with van der Waals surface area (Å²) < 4.78 is 0. The largest absolute Gasteiger partial charge is 0.393 e. The Kier molecular flexibility index (Phi) is 9.01. The van der Waals surface area contributed by atoms with Gasteiger partial charge in [0.25, 0.3) is 0 Å². The lowest BCUT2D eigenvalue weighted by Crippen LogP contribution is -2.31. The molecule has 0 radical (unpaired) electrons. The predicted octanol–water partition coefficient (Wildman–Crippen LogP) is 3.12. The maximum absolute atomic E-state index is 11.5. The molecule has 4 nitrogen and oxygen atoms in total. The van der Waals surface area contributed by atoms with Crippen LogP contribution in [-0.4, -0.2) is 34.9 Å². The second kappa shape index (κ2) is 10.5. The number of aliphatic hydroxyl groups excluding tert-OH is 2. The first-order valence-corrected chi connectivity index (χ1v) is 9.00. The van der Waals surface area contributed by atoms with Crippen LogP contribution in [0.4, 0.5) is 0 Å². The van der Waals surface area contributed by atoms with Crippen molar-refractivity contribution in [3.63, 3.8) is 0 Å². The smallest absolute Gasteiger partial charge is 0.222 e. The van der Waals surface area contributed by atoms with Gasteiger partial charge in [-0.3, -0.25) is 4.79 Å². The summed E-state index contributed by atoms with van der Waals surface area (Å²) in [6.07, 6.45) is 8.99. The van der Waals surface area contributed by atoms with Crippen LogP contribution < -0.4 is 5.32 Å². The van der Waals surface area contributed by atoms with E-state index in [1.165, 1.54) is 0 Å². The van der Waals surface area contributed by atoms with Crippen molar-refractivity contribution in [2.45, 2.75) is 65.1 Å². The van der Waals surface area contributed by atoms with Gasteiger partial charge < -0.3 is 15.5 Å². The minimum atomic E-state index is -0.629. The van der Waals surface area contributed by atoms with Crippen LogP contribution in [0.5, 0.6) is 0 Å². The molecule has 0 aromatic carbocycles. The topological polar surface area (TPSA) is 69.6 Å². The molecule has 1 aliphatic rings. The van der Waals surface area contributed by atoms with Crippen molar-refractivity contribution < 1.29 is 15.0 Å². The van der Waals surface area contributed by atoms with E-state index in [0.717, 1.165) is 37.0 Å². The Morgan fingerprint density at radius 2 is 2.08 bits per heavy atom. The van der Waals surface area contributed by atoms with Gasteiger partial charge in [0.2, 0.25) is 5.91 Å². The van der Waals surface area contributed by atoms with Gasteiger partial charge in [-0.2, -0.15) is 0 Å². The number of hydrogen-bond donors (Lipinski definition) is 3. The fraction of sp³-hybridized carbons (Fsp3) is 0.650. The summed E-state index contributed by atoms with van der Waals surface area (Å²) in [6.45, 7) is 10.6. The summed E-state index contributed by atoms with van der Waals surface area (Å²) in [5, 5.41) is 22.5. The summed E-state index contributed by atoms with van der Waals surface area (Å²) in [4.78, 5) is 11.5. The molecule has 0 saturated heterocycles. The zero-order chi connectivity index (χ0) is 18.1. The van der Waals surface area contributed by atoms with Crippen molar-refractivity contribution in [3.8, 4) is 0 Å². The number of carbonyl (C=O) groups is 1. The number of aliphatic hydroxyl groups is 2. The van der Waals surface area contributed by atoms with E-state index in [1.54, 1.807) is 0 Å². The summed E-state index contributed by atoms with van der Waals surface area (Å²) >= 11 is 0. The molecule has 0 spiro atoms. The maximum Gasteiger partial charge on any atom is 0.222 e. The van der Waals surface area contributed by atoms with Gasteiger partial charge in [-0.1, -0.05) is 45.6 Å². The average Bonchev–Trinajstić information content (AvgIpc) is 2.52. The van der Waals surface area contributed by atoms with E-state index in [0.29, 0.717) is 18.8 Å². The quantitative estimate of drug-likeness (QED) is 0.597. The van der Waals surface area contributed by atoms with Crippen LogP contribution in [0.25, 0.3) is 0 Å². The van der Waals surface area contributed by atoms with Crippen LogP contribution in [-0.2, 0) is 4.79 Å². The number of carbonyl (C=O) groups excluding carboxylic acids is 1. The normalized spacial score (nSPS) is 24.8. The molecule has 4 heteroatoms. The van der Waals surface area contributed by atoms with Crippen molar-refractivity contribution >= 4 is 5.91 Å². The Morgan fingerprint density at radius 1 is 1.38 bits per heavy atom. The molecule has 1 amide bonds. The van der Waals surface area contributed by atoms with Gasteiger partial charge in [0, 0.05) is 18.9 Å². The van der Waals surface area contributed by atoms with Gasteiger partial charge in [0.1, 0.15) is 0 Å².